The van der Waals surface area contributed by atoms with E-state index < -0.39 is 48.8 Å². The summed E-state index contributed by atoms with van der Waals surface area (Å²) in [4.78, 5) is 37.3. The van der Waals surface area contributed by atoms with Gasteiger partial charge in [-0.2, -0.15) is 0 Å². The maximum absolute atomic E-state index is 13.3. The highest BCUT2D eigenvalue weighted by Crippen LogP contribution is 2.48. The Kier molecular flexibility index (Phi) is 8.83. The lowest BCUT2D eigenvalue weighted by molar-refractivity contribution is -0.363. The molecule has 1 aromatic heterocycles. The summed E-state index contributed by atoms with van der Waals surface area (Å²) in [5.41, 5.74) is 1.93. The summed E-state index contributed by atoms with van der Waals surface area (Å²) in [5.74, 6) is 1.02. The molecular formula is C36H42N4O10. The number of hydrogen-bond acceptors (Lipinski definition) is 14. The number of aliphatic imine (C=N–C) groups is 2. The highest BCUT2D eigenvalue weighted by Gasteiger charge is 2.49. The van der Waals surface area contributed by atoms with E-state index >= 15 is 0 Å². The molecule has 0 saturated heterocycles. The number of allylic oxidation sites excluding steroid dienone is 2. The van der Waals surface area contributed by atoms with Gasteiger partial charge in [0.2, 0.25) is 0 Å². The SMILES string of the molecule is CCC1=C2C=CN=C2CN1c1c2c(cc3c(=O)cc(C)oc13)CC(OOCC(O)C(O)(CN1C=CC3=NC=CC31)C(O)C(O)CO)C(C)(C)O2. The van der Waals surface area contributed by atoms with Gasteiger partial charge >= 0.3 is 0 Å². The highest BCUT2D eigenvalue weighted by molar-refractivity contribution is 6.13. The van der Waals surface area contributed by atoms with Gasteiger partial charge in [0, 0.05) is 47.9 Å². The monoisotopic (exact) mass is 690 g/mol. The van der Waals surface area contributed by atoms with Crippen LogP contribution in [0.3, 0.4) is 0 Å². The number of aliphatic hydroxyl groups is 5. The van der Waals surface area contributed by atoms with Gasteiger partial charge in [0.1, 0.15) is 53.7 Å². The largest absolute Gasteiger partial charge is 0.482 e. The van der Waals surface area contributed by atoms with Crippen molar-refractivity contribution in [2.45, 2.75) is 82.2 Å². The molecule has 2 aromatic rings. The van der Waals surface area contributed by atoms with Gasteiger partial charge in [-0.1, -0.05) is 6.92 Å². The molecule has 6 unspecified atom stereocenters. The molecule has 50 heavy (non-hydrogen) atoms. The molecule has 14 heteroatoms. The molecule has 5 aliphatic rings. The molecule has 266 valence electrons. The molecule has 0 saturated carbocycles. The van der Waals surface area contributed by atoms with E-state index in [0.717, 1.165) is 22.7 Å². The average Bonchev–Trinajstić information content (AvgIpc) is 3.87. The van der Waals surface area contributed by atoms with Crippen LogP contribution in [0.25, 0.3) is 11.0 Å². The van der Waals surface area contributed by atoms with Gasteiger partial charge < -0.3 is 44.5 Å². The van der Waals surface area contributed by atoms with E-state index in [2.05, 4.69) is 21.8 Å². The molecule has 1 aromatic carbocycles. The van der Waals surface area contributed by atoms with Gasteiger partial charge in [0.15, 0.2) is 16.8 Å². The van der Waals surface area contributed by atoms with Crippen molar-refractivity contribution < 1.29 is 44.5 Å². The third-order valence-electron chi connectivity index (χ3n) is 10.1. The van der Waals surface area contributed by atoms with Crippen LogP contribution in [-0.4, -0.2) is 110 Å². The minimum absolute atomic E-state index is 0.195. The van der Waals surface area contributed by atoms with Crippen molar-refractivity contribution >= 4 is 28.1 Å². The molecule has 6 atom stereocenters. The van der Waals surface area contributed by atoms with Gasteiger partial charge in [0.25, 0.3) is 0 Å². The minimum atomic E-state index is -2.36. The first-order valence-corrected chi connectivity index (χ1v) is 16.7. The molecule has 0 fully saturated rings. The zero-order valence-electron chi connectivity index (χ0n) is 28.3. The molecule has 0 radical (unpaired) electrons. The van der Waals surface area contributed by atoms with Crippen LogP contribution in [-0.2, 0) is 16.2 Å². The number of hydrogen-bond donors (Lipinski definition) is 5. The molecule has 0 amide bonds. The molecule has 7 rings (SSSR count). The Bertz CT molecular complexity index is 1940. The van der Waals surface area contributed by atoms with E-state index in [1.54, 1.807) is 48.6 Å². The number of rotatable bonds is 12. The number of aliphatic hydroxyl groups excluding tert-OH is 4. The van der Waals surface area contributed by atoms with Gasteiger partial charge in [-0.25, -0.2) is 9.78 Å². The highest BCUT2D eigenvalue weighted by atomic mass is 17.2. The first kappa shape index (κ1) is 34.3. The zero-order valence-corrected chi connectivity index (χ0v) is 28.3. The van der Waals surface area contributed by atoms with Crippen LogP contribution < -0.4 is 15.1 Å². The van der Waals surface area contributed by atoms with Crippen LogP contribution >= 0.6 is 0 Å². The average molecular weight is 691 g/mol. The summed E-state index contributed by atoms with van der Waals surface area (Å²) in [6.07, 6.45) is 5.36. The predicted molar refractivity (Wildman–Crippen MR) is 184 cm³/mol. The molecule has 5 aliphatic heterocycles. The number of nitrogens with zero attached hydrogens (tertiary/aromatic N) is 4. The van der Waals surface area contributed by atoms with Crippen LogP contribution in [0.1, 0.15) is 38.5 Å². The Morgan fingerprint density at radius 1 is 1.16 bits per heavy atom. The standard InChI is InChI=1S/C36H42N4O10/c1-5-25-21-6-9-38-24(21)15-40(25)31-32-20(13-22-27(42)12-19(2)48-33(22)31)14-30(35(3,4)49-32)50-47-17-29(44)36(46,34(45)28(43)16-41)18-39-11-8-23-26(39)7-10-37-23/h6-13,26,28-30,34,41,43-46H,5,14-18H2,1-4H3. The van der Waals surface area contributed by atoms with Gasteiger partial charge in [0.05, 0.1) is 42.5 Å². The maximum atomic E-state index is 13.3. The Morgan fingerprint density at radius 2 is 1.96 bits per heavy atom. The number of ether oxygens (including phenoxy) is 1. The number of β-amino-alcohol motifs (C(OH)–C–C–N with tert-alkyl or cyclic N) is 1. The van der Waals surface area contributed by atoms with Gasteiger partial charge in [-0.05, 0) is 51.5 Å². The van der Waals surface area contributed by atoms with Crippen molar-refractivity contribution in [1.29, 1.82) is 0 Å². The van der Waals surface area contributed by atoms with Crippen molar-refractivity contribution in [3.8, 4) is 5.75 Å². The first-order chi connectivity index (χ1) is 23.9. The number of fused-ring (bicyclic) bond motifs is 4. The minimum Gasteiger partial charge on any atom is -0.482 e. The molecule has 0 aliphatic carbocycles. The fraction of sp³-hybridized carbons (Fsp3) is 0.472. The maximum Gasteiger partial charge on any atom is 0.193 e. The van der Waals surface area contributed by atoms with E-state index in [9.17, 15) is 30.3 Å². The van der Waals surface area contributed by atoms with Crippen LogP contribution in [0.4, 0.5) is 5.69 Å². The molecule has 0 bridgehead atoms. The second kappa shape index (κ2) is 12.9. The Hall–Kier alpha value is -4.15. The van der Waals surface area contributed by atoms with Crippen LogP contribution in [0.2, 0.25) is 0 Å². The van der Waals surface area contributed by atoms with Crippen molar-refractivity contribution in [2.24, 2.45) is 9.98 Å². The number of aryl methyl sites for hydroxylation is 1. The topological polar surface area (TPSA) is 190 Å². The predicted octanol–water partition coefficient (Wildman–Crippen LogP) is 1.56. The van der Waals surface area contributed by atoms with Gasteiger partial charge in [-0.3, -0.25) is 14.8 Å². The molecular weight excluding hydrogens is 648 g/mol. The second-order valence-electron chi connectivity index (χ2n) is 13.8. The summed E-state index contributed by atoms with van der Waals surface area (Å²) in [6.45, 7) is 6.17. The molecule has 5 N–H and O–H groups in total. The van der Waals surface area contributed by atoms with E-state index in [0.29, 0.717) is 46.7 Å². The Balaban J connectivity index is 1.15. The van der Waals surface area contributed by atoms with E-state index in [1.807, 2.05) is 19.9 Å². The number of benzene rings is 1. The molecule has 14 nitrogen and oxygen atoms in total. The van der Waals surface area contributed by atoms with Crippen molar-refractivity contribution in [3.63, 3.8) is 0 Å². The Labute approximate surface area is 288 Å². The lowest BCUT2D eigenvalue weighted by Gasteiger charge is -2.42. The smallest absolute Gasteiger partial charge is 0.193 e. The first-order valence-electron chi connectivity index (χ1n) is 16.7. The molecule has 0 spiro atoms. The van der Waals surface area contributed by atoms with Crippen LogP contribution in [0, 0.1) is 6.92 Å². The fourth-order valence-corrected chi connectivity index (χ4v) is 7.28. The van der Waals surface area contributed by atoms with Crippen molar-refractivity contribution in [3.05, 3.63) is 81.8 Å². The molecule has 6 heterocycles. The van der Waals surface area contributed by atoms with E-state index in [1.165, 1.54) is 6.07 Å². The van der Waals surface area contributed by atoms with E-state index in [4.69, 9.17) is 18.9 Å². The summed E-state index contributed by atoms with van der Waals surface area (Å²) in [5, 5.41) is 54.0. The van der Waals surface area contributed by atoms with Crippen LogP contribution in [0.15, 0.2) is 79.4 Å². The third kappa shape index (κ3) is 5.70. The summed E-state index contributed by atoms with van der Waals surface area (Å²) in [7, 11) is 0. The number of anilines is 1. The zero-order chi connectivity index (χ0) is 35.5. The summed E-state index contributed by atoms with van der Waals surface area (Å²) < 4.78 is 12.9. The van der Waals surface area contributed by atoms with Gasteiger partial charge in [-0.15, -0.1) is 0 Å². The normalized spacial score (nSPS) is 24.6. The van der Waals surface area contributed by atoms with Crippen LogP contribution in [0.5, 0.6) is 5.75 Å². The summed E-state index contributed by atoms with van der Waals surface area (Å²) in [6, 6.07) is 2.88. The lowest BCUT2D eigenvalue weighted by Crippen LogP contribution is -2.64. The quantitative estimate of drug-likeness (QED) is 0.160. The van der Waals surface area contributed by atoms with E-state index in [-0.39, 0.29) is 24.4 Å². The third-order valence-corrected chi connectivity index (χ3v) is 10.1. The summed E-state index contributed by atoms with van der Waals surface area (Å²) >= 11 is 0. The van der Waals surface area contributed by atoms with Crippen molar-refractivity contribution in [1.82, 2.24) is 4.90 Å². The Morgan fingerprint density at radius 3 is 2.72 bits per heavy atom. The van der Waals surface area contributed by atoms with Crippen molar-refractivity contribution in [2.75, 3.05) is 31.2 Å². The lowest BCUT2D eigenvalue weighted by atomic mass is 9.86. The fourth-order valence-electron chi connectivity index (χ4n) is 7.28. The second-order valence-corrected chi connectivity index (χ2v) is 13.8.